The summed E-state index contributed by atoms with van der Waals surface area (Å²) in [4.78, 5) is 33.1. The molecule has 2 unspecified atom stereocenters. The minimum atomic E-state index is -1.60. The molecule has 0 saturated carbocycles. The highest BCUT2D eigenvalue weighted by Gasteiger charge is 2.62. The number of nitrogens with zero attached hydrogens (tertiary/aromatic N) is 1. The van der Waals surface area contributed by atoms with E-state index >= 15 is 0 Å². The SMILES string of the molecule is C=CC1CC(C(=O)OC)(C(=O)OC)C(c2cccs2)N(c2ccccc2C)O1. The number of hydrogen-bond acceptors (Lipinski definition) is 7. The Bertz CT molecular complexity index is 847. The summed E-state index contributed by atoms with van der Waals surface area (Å²) >= 11 is 1.44. The van der Waals surface area contributed by atoms with Gasteiger partial charge in [0.2, 0.25) is 0 Å². The second-order valence-corrected chi connectivity index (χ2v) is 7.55. The van der Waals surface area contributed by atoms with Gasteiger partial charge in [0.25, 0.3) is 0 Å². The standard InChI is InChI=1S/C21H23NO5S/c1-5-15-13-21(19(23)25-3,20(24)26-4)18(17-11-8-12-28-17)22(27-15)16-10-7-6-9-14(16)2/h5-12,15,18H,1,13H2,2-4H3. The molecule has 0 aliphatic carbocycles. The van der Waals surface area contributed by atoms with Crippen LogP contribution in [0.5, 0.6) is 0 Å². The van der Waals surface area contributed by atoms with Gasteiger partial charge in [0, 0.05) is 11.3 Å². The number of rotatable bonds is 5. The molecule has 148 valence electrons. The fourth-order valence-electron chi connectivity index (χ4n) is 3.65. The van der Waals surface area contributed by atoms with Crippen molar-refractivity contribution in [2.45, 2.75) is 25.5 Å². The Morgan fingerprint density at radius 2 is 1.89 bits per heavy atom. The second-order valence-electron chi connectivity index (χ2n) is 6.57. The molecule has 28 heavy (non-hydrogen) atoms. The average Bonchev–Trinajstić information content (AvgIpc) is 3.26. The molecule has 6 nitrogen and oxygen atoms in total. The highest BCUT2D eigenvalue weighted by Crippen LogP contribution is 2.51. The maximum atomic E-state index is 13.1. The summed E-state index contributed by atoms with van der Waals surface area (Å²) in [5, 5.41) is 3.52. The number of hydrogen-bond donors (Lipinski definition) is 0. The first-order chi connectivity index (χ1) is 13.5. The fraction of sp³-hybridized carbons (Fsp3) is 0.333. The molecule has 0 radical (unpaired) electrons. The molecule has 1 aromatic heterocycles. The molecule has 1 saturated heterocycles. The van der Waals surface area contributed by atoms with Gasteiger partial charge in [0.1, 0.15) is 12.1 Å². The van der Waals surface area contributed by atoms with Gasteiger partial charge in [0.05, 0.1) is 19.9 Å². The van der Waals surface area contributed by atoms with Crippen LogP contribution in [0.15, 0.2) is 54.4 Å². The maximum Gasteiger partial charge on any atom is 0.326 e. The molecule has 2 heterocycles. The zero-order valence-electron chi connectivity index (χ0n) is 16.1. The molecule has 0 bridgehead atoms. The summed E-state index contributed by atoms with van der Waals surface area (Å²) in [6, 6.07) is 10.6. The van der Waals surface area contributed by atoms with Crippen LogP contribution in [-0.2, 0) is 23.9 Å². The minimum Gasteiger partial charge on any atom is -0.468 e. The van der Waals surface area contributed by atoms with Crippen LogP contribution in [0.25, 0.3) is 0 Å². The zero-order chi connectivity index (χ0) is 20.3. The number of thiophene rings is 1. The van der Waals surface area contributed by atoms with Gasteiger partial charge < -0.3 is 9.47 Å². The summed E-state index contributed by atoms with van der Waals surface area (Å²) in [6.45, 7) is 5.75. The Kier molecular flexibility index (Phi) is 5.86. The largest absolute Gasteiger partial charge is 0.468 e. The van der Waals surface area contributed by atoms with Gasteiger partial charge >= 0.3 is 11.9 Å². The van der Waals surface area contributed by atoms with Crippen molar-refractivity contribution in [2.75, 3.05) is 19.3 Å². The molecule has 0 spiro atoms. The van der Waals surface area contributed by atoms with Crippen molar-refractivity contribution in [3.8, 4) is 0 Å². The van der Waals surface area contributed by atoms with Gasteiger partial charge in [-0.25, -0.2) is 5.06 Å². The van der Waals surface area contributed by atoms with Crippen LogP contribution < -0.4 is 5.06 Å². The number of methoxy groups -OCH3 is 2. The van der Waals surface area contributed by atoms with Crippen LogP contribution in [0.2, 0.25) is 0 Å². The van der Waals surface area contributed by atoms with Crippen LogP contribution >= 0.6 is 11.3 Å². The summed E-state index contributed by atoms with van der Waals surface area (Å²) in [5.74, 6) is -1.32. The van der Waals surface area contributed by atoms with Gasteiger partial charge in [-0.1, -0.05) is 30.3 Å². The van der Waals surface area contributed by atoms with Crippen LogP contribution in [0.1, 0.15) is 22.9 Å². The van der Waals surface area contributed by atoms with E-state index in [4.69, 9.17) is 14.3 Å². The van der Waals surface area contributed by atoms with Crippen molar-refractivity contribution >= 4 is 29.0 Å². The number of ether oxygens (including phenoxy) is 2. The van der Waals surface area contributed by atoms with Crippen molar-refractivity contribution in [1.82, 2.24) is 0 Å². The molecule has 2 atom stereocenters. The topological polar surface area (TPSA) is 65.1 Å². The Labute approximate surface area is 168 Å². The Morgan fingerprint density at radius 1 is 1.21 bits per heavy atom. The third-order valence-corrected chi connectivity index (χ3v) is 5.93. The highest BCUT2D eigenvalue weighted by atomic mass is 32.1. The van der Waals surface area contributed by atoms with E-state index in [1.54, 1.807) is 11.1 Å². The van der Waals surface area contributed by atoms with Crippen molar-refractivity contribution in [1.29, 1.82) is 0 Å². The third-order valence-electron chi connectivity index (χ3n) is 5.00. The van der Waals surface area contributed by atoms with E-state index in [1.165, 1.54) is 25.6 Å². The monoisotopic (exact) mass is 401 g/mol. The number of benzene rings is 1. The first-order valence-electron chi connectivity index (χ1n) is 8.84. The first-order valence-corrected chi connectivity index (χ1v) is 9.72. The Morgan fingerprint density at radius 3 is 2.43 bits per heavy atom. The maximum absolute atomic E-state index is 13.1. The van der Waals surface area contributed by atoms with Crippen LogP contribution in [-0.4, -0.2) is 32.3 Å². The van der Waals surface area contributed by atoms with E-state index in [0.29, 0.717) is 0 Å². The zero-order valence-corrected chi connectivity index (χ0v) is 16.9. The Balaban J connectivity index is 2.29. The first kappa shape index (κ1) is 20.1. The average molecular weight is 401 g/mol. The molecule has 0 N–H and O–H groups in total. The predicted molar refractivity (Wildman–Crippen MR) is 107 cm³/mol. The van der Waals surface area contributed by atoms with E-state index < -0.39 is 29.5 Å². The van der Waals surface area contributed by atoms with E-state index in [9.17, 15) is 9.59 Å². The van der Waals surface area contributed by atoms with E-state index in [1.807, 2.05) is 48.7 Å². The van der Waals surface area contributed by atoms with Gasteiger partial charge in [-0.05, 0) is 30.0 Å². The number of esters is 2. The molecular formula is C21H23NO5S. The van der Waals surface area contributed by atoms with E-state index in [0.717, 1.165) is 16.1 Å². The normalized spacial score (nSPS) is 21.0. The molecule has 1 fully saturated rings. The lowest BCUT2D eigenvalue weighted by Gasteiger charge is -2.48. The van der Waals surface area contributed by atoms with Crippen molar-refractivity contribution < 1.29 is 23.9 Å². The van der Waals surface area contributed by atoms with Crippen molar-refractivity contribution in [3.63, 3.8) is 0 Å². The van der Waals surface area contributed by atoms with Crippen LogP contribution in [0.4, 0.5) is 5.69 Å². The van der Waals surface area contributed by atoms with Gasteiger partial charge in [-0.15, -0.1) is 17.9 Å². The van der Waals surface area contributed by atoms with E-state index in [-0.39, 0.29) is 6.42 Å². The molecule has 3 rings (SSSR count). The molecular weight excluding hydrogens is 378 g/mol. The fourth-order valence-corrected chi connectivity index (χ4v) is 4.55. The molecule has 1 aliphatic rings. The lowest BCUT2D eigenvalue weighted by atomic mass is 9.73. The number of para-hydroxylation sites is 1. The minimum absolute atomic E-state index is 0.0702. The van der Waals surface area contributed by atoms with Crippen LogP contribution in [0, 0.1) is 12.3 Å². The molecule has 1 aliphatic heterocycles. The number of carbonyl (C=O) groups is 2. The second kappa shape index (κ2) is 8.16. The highest BCUT2D eigenvalue weighted by molar-refractivity contribution is 7.10. The number of anilines is 1. The smallest absolute Gasteiger partial charge is 0.326 e. The summed E-state index contributed by atoms with van der Waals surface area (Å²) in [6.07, 6.45) is 1.08. The number of hydroxylamine groups is 1. The molecule has 1 aromatic carbocycles. The summed E-state index contributed by atoms with van der Waals surface area (Å²) in [7, 11) is 2.55. The molecule has 0 amide bonds. The molecule has 7 heteroatoms. The Hall–Kier alpha value is -2.64. The quantitative estimate of drug-likeness (QED) is 0.431. The van der Waals surface area contributed by atoms with E-state index in [2.05, 4.69) is 6.58 Å². The lowest BCUT2D eigenvalue weighted by Crippen LogP contribution is -2.58. The van der Waals surface area contributed by atoms with Gasteiger partial charge in [0.15, 0.2) is 5.41 Å². The lowest BCUT2D eigenvalue weighted by molar-refractivity contribution is -0.183. The predicted octanol–water partition coefficient (Wildman–Crippen LogP) is 3.83. The summed E-state index contributed by atoms with van der Waals surface area (Å²) in [5.41, 5.74) is 0.0929. The van der Waals surface area contributed by atoms with Gasteiger partial charge in [-0.2, -0.15) is 0 Å². The van der Waals surface area contributed by atoms with Gasteiger partial charge in [-0.3, -0.25) is 14.4 Å². The number of carbonyl (C=O) groups excluding carboxylic acids is 2. The third kappa shape index (κ3) is 3.21. The van der Waals surface area contributed by atoms with Crippen molar-refractivity contribution in [2.24, 2.45) is 5.41 Å². The van der Waals surface area contributed by atoms with Crippen molar-refractivity contribution in [3.05, 3.63) is 64.9 Å². The number of aryl methyl sites for hydroxylation is 1. The molecule has 2 aromatic rings. The summed E-state index contributed by atoms with van der Waals surface area (Å²) < 4.78 is 10.2. The van der Waals surface area contributed by atoms with Crippen LogP contribution in [0.3, 0.4) is 0 Å².